The molecule has 1 N–H and O–H groups in total. The Morgan fingerprint density at radius 3 is 1.44 bits per heavy atom. The van der Waals surface area contributed by atoms with E-state index < -0.39 is 7.81 Å². The Hall–Kier alpha value is -0.490. The predicted molar refractivity (Wildman–Crippen MR) is 102 cm³/mol. The molecule has 27 heavy (non-hydrogen) atoms. The summed E-state index contributed by atoms with van der Waals surface area (Å²) in [5.41, 5.74) is 0. The standard InChI is InChI=1S/C18H36N2.F6P/c1-3-4-5-6-7-8-9-10-11-12-13-14-15-20-17-16-19(2)18-20;1-7(2,3,4,5)6/h16-17H,3-15,18H2,1-2H3;/q;-1/p+1. The molecule has 0 aliphatic carbocycles. The molecule has 0 saturated heterocycles. The number of quaternary nitrogens is 1. The SMILES string of the molecule is CCCCCCCCCCCCCCN1C=C[NH+](C)C1.F[P-](F)(F)(F)(F)F. The Labute approximate surface area is 160 Å². The van der Waals surface area contributed by atoms with Gasteiger partial charge in [-0.25, -0.2) is 0 Å². The van der Waals surface area contributed by atoms with E-state index in [2.05, 4.69) is 31.3 Å². The predicted octanol–water partition coefficient (Wildman–Crippen LogP) is 7.33. The van der Waals surface area contributed by atoms with E-state index in [1.165, 1.54) is 88.5 Å². The van der Waals surface area contributed by atoms with Gasteiger partial charge in [0, 0.05) is 6.54 Å². The van der Waals surface area contributed by atoms with Crippen molar-refractivity contribution in [3.63, 3.8) is 0 Å². The third-order valence-corrected chi connectivity index (χ3v) is 4.32. The Morgan fingerprint density at radius 2 is 1.11 bits per heavy atom. The maximum atomic E-state index is 9.87. The molecule has 2 nitrogen and oxygen atoms in total. The average molecular weight is 426 g/mol. The fourth-order valence-corrected chi connectivity index (χ4v) is 2.97. The molecule has 1 heterocycles. The molecule has 0 bridgehead atoms. The van der Waals surface area contributed by atoms with Crippen molar-refractivity contribution >= 4 is 7.81 Å². The van der Waals surface area contributed by atoms with E-state index in [-0.39, 0.29) is 0 Å². The van der Waals surface area contributed by atoms with Gasteiger partial charge in [-0.15, -0.1) is 0 Å². The molecule has 0 saturated carbocycles. The average Bonchev–Trinajstić information content (AvgIpc) is 2.91. The molecular formula is C18H37F6N2P. The molecule has 1 aliphatic heterocycles. The van der Waals surface area contributed by atoms with Crippen molar-refractivity contribution in [2.24, 2.45) is 0 Å². The van der Waals surface area contributed by atoms with E-state index in [0.717, 1.165) is 6.67 Å². The molecule has 1 rings (SSSR count). The van der Waals surface area contributed by atoms with Crippen LogP contribution in [-0.4, -0.2) is 25.2 Å². The van der Waals surface area contributed by atoms with Crippen LogP contribution in [0.4, 0.5) is 25.2 Å². The number of hydrogen-bond donors (Lipinski definition) is 1. The topological polar surface area (TPSA) is 7.68 Å². The van der Waals surface area contributed by atoms with Crippen molar-refractivity contribution in [3.05, 3.63) is 12.4 Å². The zero-order chi connectivity index (χ0) is 20.9. The summed E-state index contributed by atoms with van der Waals surface area (Å²) < 4.78 is 59.2. The minimum atomic E-state index is -10.7. The molecule has 0 radical (unpaired) electrons. The second-order valence-corrected chi connectivity index (χ2v) is 9.40. The molecule has 166 valence electrons. The van der Waals surface area contributed by atoms with Gasteiger partial charge in [0.05, 0.1) is 13.2 Å². The van der Waals surface area contributed by atoms with Crippen LogP contribution in [0.25, 0.3) is 0 Å². The van der Waals surface area contributed by atoms with Crippen LogP contribution in [0.3, 0.4) is 0 Å². The minimum absolute atomic E-state index is 1.16. The van der Waals surface area contributed by atoms with Crippen molar-refractivity contribution in [2.45, 2.75) is 84.0 Å². The Balaban J connectivity index is 0.000000821. The number of nitrogens with zero attached hydrogens (tertiary/aromatic N) is 1. The summed E-state index contributed by atoms with van der Waals surface area (Å²) in [6, 6.07) is 0. The van der Waals surface area contributed by atoms with Gasteiger partial charge in [0.2, 0.25) is 0 Å². The van der Waals surface area contributed by atoms with E-state index >= 15 is 0 Å². The van der Waals surface area contributed by atoms with E-state index in [1.54, 1.807) is 0 Å². The zero-order valence-electron chi connectivity index (χ0n) is 16.7. The summed E-state index contributed by atoms with van der Waals surface area (Å²) in [5, 5.41) is 0. The number of rotatable bonds is 13. The number of nitrogens with one attached hydrogen (secondary N) is 1. The number of unbranched alkanes of at least 4 members (excludes halogenated alkanes) is 11. The summed E-state index contributed by atoms with van der Waals surface area (Å²) in [6.45, 7) is 4.71. The fourth-order valence-electron chi connectivity index (χ4n) is 2.97. The van der Waals surface area contributed by atoms with E-state index in [0.29, 0.717) is 0 Å². The summed E-state index contributed by atoms with van der Waals surface area (Å²) in [5.74, 6) is 0. The van der Waals surface area contributed by atoms with Crippen LogP contribution in [0.15, 0.2) is 12.4 Å². The molecule has 0 aromatic carbocycles. The molecule has 0 aromatic heterocycles. The van der Waals surface area contributed by atoms with Crippen LogP contribution in [0.5, 0.6) is 0 Å². The third-order valence-electron chi connectivity index (χ3n) is 4.32. The van der Waals surface area contributed by atoms with Crippen LogP contribution < -0.4 is 4.90 Å². The Kier molecular flexibility index (Phi) is 11.3. The molecule has 0 amide bonds. The molecule has 1 unspecified atom stereocenters. The summed E-state index contributed by atoms with van der Waals surface area (Å²) in [4.78, 5) is 3.95. The second kappa shape index (κ2) is 11.5. The fraction of sp³-hybridized carbons (Fsp3) is 0.889. The number of halogens is 6. The first kappa shape index (κ1) is 26.5. The van der Waals surface area contributed by atoms with E-state index in [1.807, 2.05) is 0 Å². The van der Waals surface area contributed by atoms with Gasteiger partial charge in [0.25, 0.3) is 0 Å². The van der Waals surface area contributed by atoms with Gasteiger partial charge in [-0.05, 0) is 6.42 Å². The van der Waals surface area contributed by atoms with Crippen molar-refractivity contribution in [3.8, 4) is 0 Å². The van der Waals surface area contributed by atoms with Crippen LogP contribution in [-0.2, 0) is 0 Å². The van der Waals surface area contributed by atoms with Crippen molar-refractivity contribution in [1.29, 1.82) is 0 Å². The normalized spacial score (nSPS) is 19.4. The Morgan fingerprint density at radius 1 is 0.741 bits per heavy atom. The van der Waals surface area contributed by atoms with E-state index in [4.69, 9.17) is 0 Å². The molecule has 0 spiro atoms. The number of hydrogen-bond acceptors (Lipinski definition) is 1. The molecule has 0 fully saturated rings. The van der Waals surface area contributed by atoms with E-state index in [9.17, 15) is 25.2 Å². The molecule has 1 aliphatic rings. The molecule has 0 aromatic rings. The van der Waals surface area contributed by atoms with Gasteiger partial charge in [0.1, 0.15) is 6.20 Å². The first-order valence-corrected chi connectivity index (χ1v) is 12.1. The maximum absolute atomic E-state index is 10.7. The van der Waals surface area contributed by atoms with Gasteiger partial charge in [-0.3, -0.25) is 4.90 Å². The van der Waals surface area contributed by atoms with Crippen molar-refractivity contribution < 1.29 is 30.1 Å². The second-order valence-electron chi connectivity index (χ2n) is 7.48. The van der Waals surface area contributed by atoms with Gasteiger partial charge < -0.3 is 4.90 Å². The van der Waals surface area contributed by atoms with Crippen LogP contribution in [0, 0.1) is 0 Å². The monoisotopic (exact) mass is 426 g/mol. The zero-order valence-corrected chi connectivity index (χ0v) is 17.6. The van der Waals surface area contributed by atoms with Crippen molar-refractivity contribution in [2.75, 3.05) is 20.3 Å². The summed E-state index contributed by atoms with van der Waals surface area (Å²) >= 11 is 0. The van der Waals surface area contributed by atoms with Crippen LogP contribution >= 0.6 is 7.81 Å². The molecule has 1 atom stereocenters. The third kappa shape index (κ3) is 27.8. The Bertz CT molecular complexity index is 399. The molecular weight excluding hydrogens is 389 g/mol. The summed E-state index contributed by atoms with van der Waals surface area (Å²) in [6.07, 6.45) is 21.8. The van der Waals surface area contributed by atoms with Crippen molar-refractivity contribution in [1.82, 2.24) is 4.90 Å². The van der Waals surface area contributed by atoms with Gasteiger partial charge >= 0.3 is 33.0 Å². The van der Waals surface area contributed by atoms with Gasteiger partial charge in [0.15, 0.2) is 6.67 Å². The summed E-state index contributed by atoms with van der Waals surface area (Å²) in [7, 11) is -8.44. The van der Waals surface area contributed by atoms with Gasteiger partial charge in [-0.2, -0.15) is 0 Å². The van der Waals surface area contributed by atoms with Crippen LogP contribution in [0.2, 0.25) is 0 Å². The molecule has 9 heteroatoms. The van der Waals surface area contributed by atoms with Crippen LogP contribution in [0.1, 0.15) is 84.0 Å². The quantitative estimate of drug-likeness (QED) is 0.184. The first-order valence-electron chi connectivity index (χ1n) is 10.1. The van der Waals surface area contributed by atoms with Gasteiger partial charge in [-0.1, -0.05) is 77.6 Å². The first-order chi connectivity index (χ1) is 12.3.